The van der Waals surface area contributed by atoms with E-state index in [9.17, 15) is 0 Å². The molecular formula is C24H33NO. The highest BCUT2D eigenvalue weighted by Crippen LogP contribution is 2.16. The van der Waals surface area contributed by atoms with Crippen LogP contribution < -0.4 is 4.74 Å². The molecule has 140 valence electrons. The molecule has 0 amide bonds. The SMILES string of the molecule is CCCCC(CC)C/N=C/c1ccc(OCc2cc(C)cc(C)c2)cc1. The standard InChI is InChI=1S/C24H33NO/c1-5-7-8-21(6-2)16-25-17-22-9-11-24(12-10-22)26-18-23-14-19(3)13-20(4)15-23/h9-15,17,21H,5-8,16,18H2,1-4H3/b25-17+. The monoisotopic (exact) mass is 351 g/mol. The molecule has 0 N–H and O–H groups in total. The molecule has 2 aromatic carbocycles. The molecule has 0 saturated heterocycles. The van der Waals surface area contributed by atoms with E-state index in [-0.39, 0.29) is 0 Å². The van der Waals surface area contributed by atoms with Crippen LogP contribution in [0.5, 0.6) is 5.75 Å². The molecule has 1 unspecified atom stereocenters. The Bertz CT molecular complexity index is 668. The van der Waals surface area contributed by atoms with Crippen molar-refractivity contribution in [2.45, 2.75) is 60.0 Å². The van der Waals surface area contributed by atoms with E-state index in [0.29, 0.717) is 12.5 Å². The van der Waals surface area contributed by atoms with Gasteiger partial charge in [-0.15, -0.1) is 0 Å². The van der Waals surface area contributed by atoms with Crippen molar-refractivity contribution in [1.29, 1.82) is 0 Å². The summed E-state index contributed by atoms with van der Waals surface area (Å²) in [4.78, 5) is 4.64. The number of hydrogen-bond donors (Lipinski definition) is 0. The molecule has 0 aliphatic heterocycles. The molecule has 0 fully saturated rings. The predicted molar refractivity (Wildman–Crippen MR) is 112 cm³/mol. The highest BCUT2D eigenvalue weighted by molar-refractivity contribution is 5.79. The summed E-state index contributed by atoms with van der Waals surface area (Å²) in [6, 6.07) is 14.7. The Hall–Kier alpha value is -2.09. The maximum atomic E-state index is 5.92. The number of benzene rings is 2. The number of aliphatic imine (C=N–C) groups is 1. The first-order valence-electron chi connectivity index (χ1n) is 9.90. The van der Waals surface area contributed by atoms with Crippen LogP contribution in [0.1, 0.15) is 61.8 Å². The zero-order valence-corrected chi connectivity index (χ0v) is 16.8. The summed E-state index contributed by atoms with van der Waals surface area (Å²) >= 11 is 0. The van der Waals surface area contributed by atoms with Crippen LogP contribution in [0.3, 0.4) is 0 Å². The Morgan fingerprint density at radius 3 is 2.31 bits per heavy atom. The maximum absolute atomic E-state index is 5.92. The van der Waals surface area contributed by atoms with Crippen LogP contribution in [-0.4, -0.2) is 12.8 Å². The average Bonchev–Trinajstić information content (AvgIpc) is 2.63. The van der Waals surface area contributed by atoms with Gasteiger partial charge in [0.25, 0.3) is 0 Å². The molecule has 26 heavy (non-hydrogen) atoms. The Balaban J connectivity index is 1.84. The third-order valence-corrected chi connectivity index (χ3v) is 4.71. The fourth-order valence-electron chi connectivity index (χ4n) is 3.19. The first-order valence-corrected chi connectivity index (χ1v) is 9.90. The predicted octanol–water partition coefficient (Wildman–Crippen LogP) is 6.52. The van der Waals surface area contributed by atoms with Crippen molar-refractivity contribution >= 4 is 6.21 Å². The summed E-state index contributed by atoms with van der Waals surface area (Å²) in [5, 5.41) is 0. The molecule has 1 atom stereocenters. The van der Waals surface area contributed by atoms with E-state index in [1.807, 2.05) is 18.3 Å². The molecule has 0 heterocycles. The third kappa shape index (κ3) is 7.03. The number of rotatable bonds is 10. The van der Waals surface area contributed by atoms with Gasteiger partial charge < -0.3 is 4.74 Å². The van der Waals surface area contributed by atoms with Gasteiger partial charge in [-0.1, -0.05) is 62.4 Å². The molecular weight excluding hydrogens is 318 g/mol. The number of nitrogens with zero attached hydrogens (tertiary/aromatic N) is 1. The summed E-state index contributed by atoms with van der Waals surface area (Å²) in [6.07, 6.45) is 7.06. The first-order chi connectivity index (χ1) is 12.6. The van der Waals surface area contributed by atoms with Gasteiger partial charge in [-0.2, -0.15) is 0 Å². The highest BCUT2D eigenvalue weighted by Gasteiger charge is 2.04. The van der Waals surface area contributed by atoms with Gasteiger partial charge in [0, 0.05) is 12.8 Å². The van der Waals surface area contributed by atoms with Crippen molar-refractivity contribution in [2.24, 2.45) is 10.9 Å². The van der Waals surface area contributed by atoms with E-state index < -0.39 is 0 Å². The van der Waals surface area contributed by atoms with Crippen molar-refractivity contribution in [2.75, 3.05) is 6.54 Å². The Kier molecular flexibility index (Phi) is 8.40. The minimum Gasteiger partial charge on any atom is -0.489 e. The van der Waals surface area contributed by atoms with Gasteiger partial charge in [0.2, 0.25) is 0 Å². The quantitative estimate of drug-likeness (QED) is 0.447. The van der Waals surface area contributed by atoms with E-state index in [2.05, 4.69) is 63.0 Å². The van der Waals surface area contributed by atoms with Gasteiger partial charge in [0.1, 0.15) is 12.4 Å². The number of hydrogen-bond acceptors (Lipinski definition) is 2. The smallest absolute Gasteiger partial charge is 0.119 e. The topological polar surface area (TPSA) is 21.6 Å². The van der Waals surface area contributed by atoms with E-state index >= 15 is 0 Å². The molecule has 0 spiro atoms. The normalized spacial score (nSPS) is 12.5. The van der Waals surface area contributed by atoms with Gasteiger partial charge in [-0.25, -0.2) is 0 Å². The van der Waals surface area contributed by atoms with Crippen LogP contribution in [0.15, 0.2) is 47.5 Å². The van der Waals surface area contributed by atoms with Gasteiger partial charge in [0.15, 0.2) is 0 Å². The van der Waals surface area contributed by atoms with E-state index in [4.69, 9.17) is 4.74 Å². The maximum Gasteiger partial charge on any atom is 0.119 e. The molecule has 0 saturated carbocycles. The van der Waals surface area contributed by atoms with E-state index in [1.54, 1.807) is 0 Å². The fraction of sp³-hybridized carbons (Fsp3) is 0.458. The Morgan fingerprint density at radius 1 is 1.00 bits per heavy atom. The third-order valence-electron chi connectivity index (χ3n) is 4.71. The summed E-state index contributed by atoms with van der Waals surface area (Å²) in [7, 11) is 0. The summed E-state index contributed by atoms with van der Waals surface area (Å²) < 4.78 is 5.92. The molecule has 0 radical (unpaired) electrons. The summed E-state index contributed by atoms with van der Waals surface area (Å²) in [5.41, 5.74) is 4.90. The number of unbranched alkanes of at least 4 members (excludes halogenated alkanes) is 1. The van der Waals surface area contributed by atoms with Gasteiger partial charge in [-0.3, -0.25) is 4.99 Å². The average molecular weight is 352 g/mol. The van der Waals surface area contributed by atoms with Crippen LogP contribution in [0.25, 0.3) is 0 Å². The lowest BCUT2D eigenvalue weighted by Crippen LogP contribution is -2.03. The van der Waals surface area contributed by atoms with Crippen molar-refractivity contribution in [3.63, 3.8) is 0 Å². The lowest BCUT2D eigenvalue weighted by atomic mass is 10.00. The van der Waals surface area contributed by atoms with Crippen LogP contribution >= 0.6 is 0 Å². The van der Waals surface area contributed by atoms with Crippen LogP contribution in [0.2, 0.25) is 0 Å². The number of ether oxygens (including phenoxy) is 1. The second-order valence-electron chi connectivity index (χ2n) is 7.26. The van der Waals surface area contributed by atoms with E-state index in [1.165, 1.54) is 42.4 Å². The summed E-state index contributed by atoms with van der Waals surface area (Å²) in [6.45, 7) is 10.3. The van der Waals surface area contributed by atoms with Crippen LogP contribution in [0, 0.1) is 19.8 Å². The molecule has 2 heteroatoms. The second kappa shape index (κ2) is 10.8. The van der Waals surface area contributed by atoms with Crippen LogP contribution in [0.4, 0.5) is 0 Å². The zero-order chi connectivity index (χ0) is 18.8. The second-order valence-corrected chi connectivity index (χ2v) is 7.26. The summed E-state index contributed by atoms with van der Waals surface area (Å²) in [5.74, 6) is 1.61. The van der Waals surface area contributed by atoms with Crippen molar-refractivity contribution in [3.05, 3.63) is 64.7 Å². The largest absolute Gasteiger partial charge is 0.489 e. The molecule has 0 aliphatic rings. The lowest BCUT2D eigenvalue weighted by molar-refractivity contribution is 0.306. The minimum atomic E-state index is 0.603. The Labute approximate surface area is 159 Å². The van der Waals surface area contributed by atoms with Crippen LogP contribution in [-0.2, 0) is 6.61 Å². The van der Waals surface area contributed by atoms with Crippen molar-refractivity contribution in [3.8, 4) is 5.75 Å². The highest BCUT2D eigenvalue weighted by atomic mass is 16.5. The van der Waals surface area contributed by atoms with Crippen molar-refractivity contribution in [1.82, 2.24) is 0 Å². The van der Waals surface area contributed by atoms with Gasteiger partial charge >= 0.3 is 0 Å². The van der Waals surface area contributed by atoms with E-state index in [0.717, 1.165) is 17.9 Å². The fourth-order valence-corrected chi connectivity index (χ4v) is 3.19. The lowest BCUT2D eigenvalue weighted by Gasteiger charge is -2.10. The molecule has 0 aliphatic carbocycles. The van der Waals surface area contributed by atoms with Crippen molar-refractivity contribution < 1.29 is 4.74 Å². The molecule has 0 bridgehead atoms. The molecule has 2 aromatic rings. The Morgan fingerprint density at radius 2 is 1.69 bits per heavy atom. The molecule has 2 nitrogen and oxygen atoms in total. The first kappa shape index (κ1) is 20.2. The number of aryl methyl sites for hydroxylation is 2. The zero-order valence-electron chi connectivity index (χ0n) is 16.8. The molecule has 2 rings (SSSR count). The minimum absolute atomic E-state index is 0.603. The van der Waals surface area contributed by atoms with Gasteiger partial charge in [-0.05, 0) is 61.6 Å². The molecule has 0 aromatic heterocycles. The van der Waals surface area contributed by atoms with Gasteiger partial charge in [0.05, 0.1) is 0 Å².